The van der Waals surface area contributed by atoms with Crippen LogP contribution in [0.15, 0.2) is 36.9 Å². The molecule has 0 atom stereocenters. The van der Waals surface area contributed by atoms with Gasteiger partial charge >= 0.3 is 6.09 Å². The third kappa shape index (κ3) is 4.68. The van der Waals surface area contributed by atoms with Crippen molar-refractivity contribution < 1.29 is 9.90 Å². The highest BCUT2D eigenvalue weighted by molar-refractivity contribution is 5.79. The molecular formula is C24H26N10O2. The third-order valence-electron chi connectivity index (χ3n) is 6.27. The van der Waals surface area contributed by atoms with Gasteiger partial charge in [0.1, 0.15) is 11.8 Å². The van der Waals surface area contributed by atoms with E-state index in [0.717, 1.165) is 42.3 Å². The summed E-state index contributed by atoms with van der Waals surface area (Å²) in [4.78, 5) is 19.9. The highest BCUT2D eigenvalue weighted by Gasteiger charge is 2.25. The van der Waals surface area contributed by atoms with Gasteiger partial charge in [-0.05, 0) is 45.6 Å². The van der Waals surface area contributed by atoms with Crippen LogP contribution in [-0.2, 0) is 0 Å². The first-order valence-corrected chi connectivity index (χ1v) is 11.8. The first-order valence-electron chi connectivity index (χ1n) is 11.8. The molecule has 184 valence electrons. The predicted octanol–water partition coefficient (Wildman–Crippen LogP) is 3.52. The average molecular weight is 487 g/mol. The molecule has 1 aliphatic rings. The van der Waals surface area contributed by atoms with E-state index in [1.165, 1.54) is 6.20 Å². The summed E-state index contributed by atoms with van der Waals surface area (Å²) in [6, 6.07) is 6.07. The van der Waals surface area contributed by atoms with Gasteiger partial charge in [0.2, 0.25) is 0 Å². The van der Waals surface area contributed by atoms with Crippen molar-refractivity contribution in [1.82, 2.24) is 40.1 Å². The number of hydrogen-bond donors (Lipinski definition) is 3. The number of fused-ring (bicyclic) bond motifs is 1. The lowest BCUT2D eigenvalue weighted by atomic mass is 9.91. The van der Waals surface area contributed by atoms with E-state index < -0.39 is 6.09 Å². The summed E-state index contributed by atoms with van der Waals surface area (Å²) < 4.78 is 3.52. The van der Waals surface area contributed by atoms with Crippen molar-refractivity contribution in [3.8, 4) is 23.1 Å². The Hall–Kier alpha value is -4.53. The van der Waals surface area contributed by atoms with Crippen LogP contribution < -0.4 is 10.6 Å². The second kappa shape index (κ2) is 9.61. The molecule has 1 amide bonds. The lowest BCUT2D eigenvalue weighted by Gasteiger charge is -2.28. The normalized spacial score (nSPS) is 17.7. The van der Waals surface area contributed by atoms with E-state index in [2.05, 4.69) is 55.9 Å². The summed E-state index contributed by atoms with van der Waals surface area (Å²) in [6.07, 6.45) is 9.07. The van der Waals surface area contributed by atoms with Gasteiger partial charge in [-0.3, -0.25) is 0 Å². The average Bonchev–Trinajstić information content (AvgIpc) is 3.51. The highest BCUT2D eigenvalue weighted by atomic mass is 16.4. The molecular weight excluding hydrogens is 460 g/mol. The SMILES string of the molecule is CC(C)Nc1cc(-n2ncc3cc(C#N)cnc32)ncc1-c1cn(C2CCC(NC(=O)O)CC2)nn1. The first-order chi connectivity index (χ1) is 17.4. The molecule has 12 nitrogen and oxygen atoms in total. The molecule has 1 aliphatic carbocycles. The number of hydrogen-bond acceptors (Lipinski definition) is 8. The summed E-state index contributed by atoms with van der Waals surface area (Å²) in [6.45, 7) is 4.11. The van der Waals surface area contributed by atoms with Gasteiger partial charge in [0, 0.05) is 47.2 Å². The molecule has 0 spiro atoms. The van der Waals surface area contributed by atoms with E-state index in [1.54, 1.807) is 23.1 Å². The fourth-order valence-corrected chi connectivity index (χ4v) is 4.58. The molecule has 0 unspecified atom stereocenters. The number of carbonyl (C=O) groups is 1. The highest BCUT2D eigenvalue weighted by Crippen LogP contribution is 2.32. The molecule has 1 saturated carbocycles. The molecule has 0 bridgehead atoms. The monoisotopic (exact) mass is 486 g/mol. The largest absolute Gasteiger partial charge is 0.465 e. The van der Waals surface area contributed by atoms with Crippen LogP contribution >= 0.6 is 0 Å². The van der Waals surface area contributed by atoms with Crippen molar-refractivity contribution >= 4 is 22.8 Å². The third-order valence-corrected chi connectivity index (χ3v) is 6.27. The van der Waals surface area contributed by atoms with Crippen LogP contribution in [0, 0.1) is 11.3 Å². The molecule has 0 aliphatic heterocycles. The van der Waals surface area contributed by atoms with Gasteiger partial charge in [0.05, 0.1) is 24.0 Å². The molecule has 36 heavy (non-hydrogen) atoms. The Morgan fingerprint density at radius 2 is 1.97 bits per heavy atom. The Kier molecular flexibility index (Phi) is 6.20. The minimum absolute atomic E-state index is 0.0142. The van der Waals surface area contributed by atoms with Crippen molar-refractivity contribution in [3.05, 3.63) is 42.5 Å². The standard InChI is InChI=1S/C24H26N10O2/c1-14(2)29-20-8-22(34-23-16(11-28-34)7-15(9-25)10-27-23)26-12-19(20)21-13-33(32-31-21)18-5-3-17(4-6-18)30-24(35)36/h7-8,10-14,17-18,30H,3-6H2,1-2H3,(H,26,29)(H,35,36). The van der Waals surface area contributed by atoms with Gasteiger partial charge in [-0.2, -0.15) is 15.0 Å². The Morgan fingerprint density at radius 1 is 1.17 bits per heavy atom. The fourth-order valence-electron chi connectivity index (χ4n) is 4.58. The van der Waals surface area contributed by atoms with Crippen LogP contribution in [-0.4, -0.2) is 58.0 Å². The summed E-state index contributed by atoms with van der Waals surface area (Å²) in [7, 11) is 0. The number of nitrogens with one attached hydrogen (secondary N) is 2. The number of pyridine rings is 2. The lowest BCUT2D eigenvalue weighted by molar-refractivity contribution is 0.181. The van der Waals surface area contributed by atoms with Gasteiger partial charge < -0.3 is 15.7 Å². The molecule has 0 aromatic carbocycles. The maximum Gasteiger partial charge on any atom is 0.404 e. The Morgan fingerprint density at radius 3 is 2.69 bits per heavy atom. The summed E-state index contributed by atoms with van der Waals surface area (Å²) in [5.74, 6) is 0.589. The maximum atomic E-state index is 10.9. The van der Waals surface area contributed by atoms with Crippen molar-refractivity contribution in [2.75, 3.05) is 5.32 Å². The van der Waals surface area contributed by atoms with Gasteiger partial charge in [0.25, 0.3) is 0 Å². The zero-order chi connectivity index (χ0) is 25.2. The van der Waals surface area contributed by atoms with Crippen LogP contribution in [0.1, 0.15) is 51.1 Å². The summed E-state index contributed by atoms with van der Waals surface area (Å²) in [5, 5.41) is 38.1. The Labute approximate surface area is 207 Å². The van der Waals surface area contributed by atoms with E-state index in [-0.39, 0.29) is 18.1 Å². The number of aromatic nitrogens is 7. The van der Waals surface area contributed by atoms with Gasteiger partial charge in [-0.1, -0.05) is 5.21 Å². The number of nitriles is 1. The van der Waals surface area contributed by atoms with E-state index >= 15 is 0 Å². The summed E-state index contributed by atoms with van der Waals surface area (Å²) in [5.41, 5.74) is 3.45. The van der Waals surface area contributed by atoms with Crippen molar-refractivity contribution in [2.24, 2.45) is 0 Å². The molecule has 4 heterocycles. The van der Waals surface area contributed by atoms with Crippen molar-refractivity contribution in [1.29, 1.82) is 5.26 Å². The van der Waals surface area contributed by atoms with Gasteiger partial charge in [-0.25, -0.2) is 19.4 Å². The second-order valence-electron chi connectivity index (χ2n) is 9.23. The molecule has 4 aromatic heterocycles. The van der Waals surface area contributed by atoms with Crippen molar-refractivity contribution in [2.45, 2.75) is 57.7 Å². The number of nitrogens with zero attached hydrogens (tertiary/aromatic N) is 8. The van der Waals surface area contributed by atoms with E-state index in [1.807, 2.05) is 16.9 Å². The predicted molar refractivity (Wildman–Crippen MR) is 132 cm³/mol. The minimum atomic E-state index is -0.978. The number of carboxylic acid groups (broad SMARTS) is 1. The second-order valence-corrected chi connectivity index (χ2v) is 9.23. The van der Waals surface area contributed by atoms with E-state index in [4.69, 9.17) is 10.4 Å². The summed E-state index contributed by atoms with van der Waals surface area (Å²) >= 11 is 0. The van der Waals surface area contributed by atoms with E-state index in [0.29, 0.717) is 22.7 Å². The molecule has 12 heteroatoms. The zero-order valence-electron chi connectivity index (χ0n) is 20.0. The maximum absolute atomic E-state index is 10.9. The Balaban J connectivity index is 1.42. The molecule has 0 saturated heterocycles. The van der Waals surface area contributed by atoms with Crippen LogP contribution in [0.3, 0.4) is 0 Å². The smallest absolute Gasteiger partial charge is 0.404 e. The molecule has 5 rings (SSSR count). The topological polar surface area (TPSA) is 159 Å². The minimum Gasteiger partial charge on any atom is -0.465 e. The van der Waals surface area contributed by atoms with Crippen LogP contribution in [0.5, 0.6) is 0 Å². The number of anilines is 1. The Bertz CT molecular complexity index is 1440. The number of rotatable bonds is 6. The van der Waals surface area contributed by atoms with Gasteiger partial charge in [0.15, 0.2) is 11.5 Å². The fraction of sp³-hybridized carbons (Fsp3) is 0.375. The lowest BCUT2D eigenvalue weighted by Crippen LogP contribution is -2.37. The number of amides is 1. The van der Waals surface area contributed by atoms with E-state index in [9.17, 15) is 4.79 Å². The molecule has 4 aromatic rings. The van der Waals surface area contributed by atoms with Crippen LogP contribution in [0.25, 0.3) is 28.1 Å². The van der Waals surface area contributed by atoms with Crippen molar-refractivity contribution in [3.63, 3.8) is 0 Å². The van der Waals surface area contributed by atoms with Crippen LogP contribution in [0.4, 0.5) is 10.5 Å². The molecule has 1 fully saturated rings. The molecule has 0 radical (unpaired) electrons. The zero-order valence-corrected chi connectivity index (χ0v) is 20.0. The van der Waals surface area contributed by atoms with Gasteiger partial charge in [-0.15, -0.1) is 5.10 Å². The molecule has 3 N–H and O–H groups in total. The van der Waals surface area contributed by atoms with Crippen LogP contribution in [0.2, 0.25) is 0 Å². The quantitative estimate of drug-likeness (QED) is 0.370. The first kappa shape index (κ1) is 23.2.